The number of pyridine rings is 1. The molecule has 0 amide bonds. The SMILES string of the molecule is [2H]C([2H])(Oc1cc(-c2cnn(C3CCN(C)CC3)c2)cnc1N)c1cccc(C#CC(C)(O)C2CCCCC2)c1. The van der Waals surface area contributed by atoms with Gasteiger partial charge in [0.1, 0.15) is 12.2 Å². The van der Waals surface area contributed by atoms with Crippen molar-refractivity contribution in [3.05, 3.63) is 60.0 Å². The fraction of sp³-hybridized carbons (Fsp3) is 0.484. The van der Waals surface area contributed by atoms with Gasteiger partial charge in [0, 0.05) is 29.1 Å². The van der Waals surface area contributed by atoms with Crippen LogP contribution in [-0.2, 0) is 6.56 Å². The first-order valence-electron chi connectivity index (χ1n) is 14.6. The van der Waals surface area contributed by atoms with Crippen LogP contribution in [0, 0.1) is 17.8 Å². The van der Waals surface area contributed by atoms with E-state index in [-0.39, 0.29) is 17.5 Å². The third-order valence-electron chi connectivity index (χ3n) is 7.88. The molecule has 1 saturated heterocycles. The molecule has 1 aromatic carbocycles. The van der Waals surface area contributed by atoms with Crippen LogP contribution in [0.5, 0.6) is 5.75 Å². The Hall–Kier alpha value is -3.34. The number of rotatable bonds is 6. The molecule has 2 fully saturated rings. The van der Waals surface area contributed by atoms with E-state index in [1.54, 1.807) is 43.6 Å². The first kappa shape index (κ1) is 23.8. The van der Waals surface area contributed by atoms with Crippen LogP contribution < -0.4 is 10.5 Å². The zero-order valence-corrected chi connectivity index (χ0v) is 22.4. The smallest absolute Gasteiger partial charge is 0.166 e. The number of anilines is 1. The zero-order chi connectivity index (χ0) is 28.3. The molecule has 1 aliphatic heterocycles. The second-order valence-electron chi connectivity index (χ2n) is 10.9. The normalized spacial score (nSPS) is 20.1. The average Bonchev–Trinajstić information content (AvgIpc) is 3.45. The number of hydrogen-bond donors (Lipinski definition) is 2. The van der Waals surface area contributed by atoms with E-state index in [0.717, 1.165) is 62.7 Å². The Bertz CT molecular complexity index is 1380. The van der Waals surface area contributed by atoms with Crippen molar-refractivity contribution in [1.29, 1.82) is 0 Å². The standard InChI is InChI=1S/C31H39N5O2/c1-31(37,27-9-4-3-5-10-27)14-11-23-7-6-8-24(17-23)22-38-29-18-25(19-33-30(29)32)26-20-34-36(21-26)28-12-15-35(2)16-13-28/h6-8,17-21,27-28,37H,3-5,9-10,12-13,15-16,22H2,1-2H3,(H2,32,33)/i22D2. The van der Waals surface area contributed by atoms with Gasteiger partial charge < -0.3 is 20.5 Å². The molecule has 2 aromatic heterocycles. The van der Waals surface area contributed by atoms with E-state index < -0.39 is 12.2 Å². The summed E-state index contributed by atoms with van der Waals surface area (Å²) in [7, 11) is 2.14. The zero-order valence-electron chi connectivity index (χ0n) is 24.4. The van der Waals surface area contributed by atoms with Crippen LogP contribution >= 0.6 is 0 Å². The van der Waals surface area contributed by atoms with Gasteiger partial charge in [0.25, 0.3) is 0 Å². The maximum atomic E-state index is 11.0. The highest BCUT2D eigenvalue weighted by atomic mass is 16.5. The van der Waals surface area contributed by atoms with Crippen molar-refractivity contribution in [2.75, 3.05) is 25.9 Å². The molecule has 3 aromatic rings. The van der Waals surface area contributed by atoms with Gasteiger partial charge in [-0.25, -0.2) is 4.98 Å². The molecule has 7 heteroatoms. The van der Waals surface area contributed by atoms with Crippen molar-refractivity contribution < 1.29 is 12.6 Å². The Balaban J connectivity index is 1.32. The van der Waals surface area contributed by atoms with E-state index in [1.807, 2.05) is 16.9 Å². The molecule has 200 valence electrons. The van der Waals surface area contributed by atoms with Crippen LogP contribution in [0.25, 0.3) is 11.1 Å². The van der Waals surface area contributed by atoms with Crippen molar-refractivity contribution in [2.45, 2.75) is 70.1 Å². The maximum Gasteiger partial charge on any atom is 0.166 e. The topological polar surface area (TPSA) is 89.4 Å². The minimum absolute atomic E-state index is 0.106. The predicted molar refractivity (Wildman–Crippen MR) is 150 cm³/mol. The number of nitrogens with two attached hydrogens (primary N) is 1. The van der Waals surface area contributed by atoms with Gasteiger partial charge in [0.05, 0.1) is 15.0 Å². The highest BCUT2D eigenvalue weighted by Gasteiger charge is 2.31. The van der Waals surface area contributed by atoms with Crippen molar-refractivity contribution in [3.8, 4) is 28.7 Å². The maximum absolute atomic E-state index is 11.0. The van der Waals surface area contributed by atoms with Gasteiger partial charge in [-0.3, -0.25) is 4.68 Å². The lowest BCUT2D eigenvalue weighted by molar-refractivity contribution is 0.0368. The van der Waals surface area contributed by atoms with Gasteiger partial charge in [-0.05, 0) is 82.4 Å². The number of benzene rings is 1. The number of hydrogen-bond acceptors (Lipinski definition) is 6. The number of ether oxygens (including phenoxy) is 1. The van der Waals surface area contributed by atoms with Gasteiger partial charge in [-0.2, -0.15) is 5.10 Å². The molecule has 1 aliphatic carbocycles. The van der Waals surface area contributed by atoms with Crippen molar-refractivity contribution in [2.24, 2.45) is 5.92 Å². The number of nitrogens with zero attached hydrogens (tertiary/aromatic N) is 4. The molecule has 38 heavy (non-hydrogen) atoms. The Morgan fingerprint density at radius 3 is 2.71 bits per heavy atom. The van der Waals surface area contributed by atoms with Crippen LogP contribution in [0.15, 0.2) is 48.9 Å². The second-order valence-corrected chi connectivity index (χ2v) is 10.9. The van der Waals surface area contributed by atoms with Gasteiger partial charge in [0.2, 0.25) is 0 Å². The molecule has 3 N–H and O–H groups in total. The Morgan fingerprint density at radius 2 is 1.92 bits per heavy atom. The summed E-state index contributed by atoms with van der Waals surface area (Å²) in [6.07, 6.45) is 13.0. The molecule has 1 saturated carbocycles. The molecule has 2 aliphatic rings. The molecule has 5 rings (SSSR count). The number of likely N-dealkylation sites (tertiary alicyclic amines) is 1. The largest absolute Gasteiger partial charge is 0.485 e. The van der Waals surface area contributed by atoms with Gasteiger partial charge >= 0.3 is 0 Å². The summed E-state index contributed by atoms with van der Waals surface area (Å²) in [5.74, 6) is 6.52. The van der Waals surface area contributed by atoms with Gasteiger partial charge in [-0.1, -0.05) is 43.2 Å². The molecule has 0 bridgehead atoms. The predicted octanol–water partition coefficient (Wildman–Crippen LogP) is 5.06. The number of piperidine rings is 1. The van der Waals surface area contributed by atoms with E-state index in [9.17, 15) is 5.11 Å². The number of aliphatic hydroxyl groups is 1. The summed E-state index contributed by atoms with van der Waals surface area (Å²) in [6, 6.07) is 8.93. The fourth-order valence-electron chi connectivity index (χ4n) is 5.38. The molecule has 1 unspecified atom stereocenters. The van der Waals surface area contributed by atoms with Crippen molar-refractivity contribution in [3.63, 3.8) is 0 Å². The van der Waals surface area contributed by atoms with Crippen molar-refractivity contribution in [1.82, 2.24) is 19.7 Å². The highest BCUT2D eigenvalue weighted by molar-refractivity contribution is 5.65. The molecule has 0 radical (unpaired) electrons. The second kappa shape index (κ2) is 11.6. The minimum atomic E-state index is -2.18. The van der Waals surface area contributed by atoms with Crippen LogP contribution in [0.3, 0.4) is 0 Å². The quantitative estimate of drug-likeness (QED) is 0.446. The molecular weight excluding hydrogens is 474 g/mol. The number of aromatic nitrogens is 3. The fourth-order valence-corrected chi connectivity index (χ4v) is 5.38. The molecule has 7 nitrogen and oxygen atoms in total. The summed E-state index contributed by atoms with van der Waals surface area (Å²) in [5, 5.41) is 15.5. The first-order chi connectivity index (χ1) is 19.1. The van der Waals surface area contributed by atoms with Gasteiger partial charge in [0.15, 0.2) is 11.6 Å². The Labute approximate surface area is 228 Å². The molecule has 0 spiro atoms. The van der Waals surface area contributed by atoms with E-state index in [1.165, 1.54) is 6.42 Å². The van der Waals surface area contributed by atoms with Gasteiger partial charge in [-0.15, -0.1) is 0 Å². The molecule has 1 atom stereocenters. The lowest BCUT2D eigenvalue weighted by Crippen LogP contribution is -2.34. The van der Waals surface area contributed by atoms with Crippen LogP contribution in [0.2, 0.25) is 0 Å². The third kappa shape index (κ3) is 6.38. The Kier molecular flexibility index (Phi) is 7.24. The summed E-state index contributed by atoms with van der Waals surface area (Å²) < 4.78 is 25.2. The van der Waals surface area contributed by atoms with Crippen LogP contribution in [0.1, 0.15) is 71.8 Å². The summed E-state index contributed by atoms with van der Waals surface area (Å²) in [4.78, 5) is 6.60. The third-order valence-corrected chi connectivity index (χ3v) is 7.88. The van der Waals surface area contributed by atoms with Crippen molar-refractivity contribution >= 4 is 5.82 Å². The van der Waals surface area contributed by atoms with E-state index >= 15 is 0 Å². The first-order valence-corrected chi connectivity index (χ1v) is 13.6. The monoisotopic (exact) mass is 515 g/mol. The minimum Gasteiger partial charge on any atom is -0.485 e. The summed E-state index contributed by atoms with van der Waals surface area (Å²) >= 11 is 0. The highest BCUT2D eigenvalue weighted by Crippen LogP contribution is 2.32. The molecular formula is C31H39N5O2. The van der Waals surface area contributed by atoms with E-state index in [0.29, 0.717) is 17.2 Å². The van der Waals surface area contributed by atoms with E-state index in [4.69, 9.17) is 13.2 Å². The Morgan fingerprint density at radius 1 is 1.13 bits per heavy atom. The lowest BCUT2D eigenvalue weighted by atomic mass is 9.78. The summed E-state index contributed by atoms with van der Waals surface area (Å²) in [5.41, 5.74) is 7.57. The van der Waals surface area contributed by atoms with Crippen LogP contribution in [-0.4, -0.2) is 50.5 Å². The molecule has 3 heterocycles. The van der Waals surface area contributed by atoms with E-state index in [2.05, 4.69) is 33.9 Å². The lowest BCUT2D eigenvalue weighted by Gasteiger charge is -2.31. The van der Waals surface area contributed by atoms with Crippen LogP contribution in [0.4, 0.5) is 5.82 Å². The average molecular weight is 516 g/mol. The summed E-state index contributed by atoms with van der Waals surface area (Å²) in [6.45, 7) is 1.69. The number of nitrogen functional groups attached to an aromatic ring is 1.